The maximum Gasteiger partial charge on any atom is 0.306 e. The molecule has 0 saturated carbocycles. The van der Waals surface area contributed by atoms with Gasteiger partial charge in [-0.25, -0.2) is 0 Å². The molecule has 1 heterocycles. The second-order valence-electron chi connectivity index (χ2n) is 4.50. The molecule has 2 atom stereocenters. The Balaban J connectivity index is 1.92. The van der Waals surface area contributed by atoms with E-state index in [2.05, 4.69) is 0 Å². The smallest absolute Gasteiger partial charge is 0.306 e. The standard InChI is InChI=1S/C13H15NO5/c15-13-6-11(7-14(16)17)12(9-19-13)18-8-10-4-2-1-3-5-10/h1-5,11-12H,6-9H2/t11-,12+/m1/s1. The molecule has 6 nitrogen and oxygen atoms in total. The fourth-order valence-corrected chi connectivity index (χ4v) is 2.05. The van der Waals surface area contributed by atoms with Gasteiger partial charge in [-0.05, 0) is 5.56 Å². The monoisotopic (exact) mass is 265 g/mol. The highest BCUT2D eigenvalue weighted by Gasteiger charge is 2.35. The summed E-state index contributed by atoms with van der Waals surface area (Å²) in [6.07, 6.45) is -0.372. The van der Waals surface area contributed by atoms with Crippen molar-refractivity contribution in [3.8, 4) is 0 Å². The number of carbonyl (C=O) groups excluding carboxylic acids is 1. The molecule has 0 amide bonds. The van der Waals surface area contributed by atoms with Crippen LogP contribution in [0, 0.1) is 16.0 Å². The van der Waals surface area contributed by atoms with Crippen LogP contribution in [0.2, 0.25) is 0 Å². The second-order valence-corrected chi connectivity index (χ2v) is 4.50. The van der Waals surface area contributed by atoms with E-state index in [4.69, 9.17) is 9.47 Å². The van der Waals surface area contributed by atoms with Gasteiger partial charge < -0.3 is 9.47 Å². The lowest BCUT2D eigenvalue weighted by Gasteiger charge is -2.28. The Morgan fingerprint density at radius 3 is 2.79 bits per heavy atom. The number of carbonyl (C=O) groups is 1. The van der Waals surface area contributed by atoms with E-state index in [0.717, 1.165) is 5.56 Å². The van der Waals surface area contributed by atoms with Gasteiger partial charge in [0.15, 0.2) is 0 Å². The molecule has 19 heavy (non-hydrogen) atoms. The van der Waals surface area contributed by atoms with E-state index in [-0.39, 0.29) is 19.6 Å². The number of benzene rings is 1. The van der Waals surface area contributed by atoms with Crippen molar-refractivity contribution in [3.63, 3.8) is 0 Å². The third-order valence-corrected chi connectivity index (χ3v) is 3.05. The summed E-state index contributed by atoms with van der Waals surface area (Å²) in [5.41, 5.74) is 0.985. The average Bonchev–Trinajstić information content (AvgIpc) is 2.38. The highest BCUT2D eigenvalue weighted by Crippen LogP contribution is 2.21. The average molecular weight is 265 g/mol. The molecule has 1 aromatic carbocycles. The van der Waals surface area contributed by atoms with Crippen molar-refractivity contribution >= 4 is 5.97 Å². The summed E-state index contributed by atoms with van der Waals surface area (Å²) in [4.78, 5) is 21.4. The van der Waals surface area contributed by atoms with E-state index in [9.17, 15) is 14.9 Å². The van der Waals surface area contributed by atoms with E-state index < -0.39 is 22.9 Å². The molecule has 1 aromatic rings. The Morgan fingerprint density at radius 1 is 1.37 bits per heavy atom. The summed E-state index contributed by atoms with van der Waals surface area (Å²) < 4.78 is 10.6. The first-order valence-corrected chi connectivity index (χ1v) is 6.08. The summed E-state index contributed by atoms with van der Waals surface area (Å²) in [7, 11) is 0. The minimum Gasteiger partial charge on any atom is -0.463 e. The molecule has 0 radical (unpaired) electrons. The van der Waals surface area contributed by atoms with Crippen LogP contribution in [0.4, 0.5) is 0 Å². The normalized spacial score (nSPS) is 22.8. The lowest BCUT2D eigenvalue weighted by Crippen LogP contribution is -2.40. The molecule has 1 saturated heterocycles. The van der Waals surface area contributed by atoms with Gasteiger partial charge in [-0.15, -0.1) is 0 Å². The lowest BCUT2D eigenvalue weighted by atomic mass is 9.97. The Bertz CT molecular complexity index is 446. The second kappa shape index (κ2) is 6.29. The molecule has 0 bridgehead atoms. The van der Waals surface area contributed by atoms with Crippen molar-refractivity contribution in [2.45, 2.75) is 19.1 Å². The first-order valence-electron chi connectivity index (χ1n) is 6.08. The molecule has 0 aromatic heterocycles. The van der Waals surface area contributed by atoms with Gasteiger partial charge in [0.25, 0.3) is 0 Å². The molecule has 102 valence electrons. The zero-order valence-corrected chi connectivity index (χ0v) is 10.4. The van der Waals surface area contributed by atoms with E-state index in [1.54, 1.807) is 0 Å². The van der Waals surface area contributed by atoms with Gasteiger partial charge in [-0.2, -0.15) is 0 Å². The summed E-state index contributed by atoms with van der Waals surface area (Å²) in [6, 6.07) is 9.53. The summed E-state index contributed by atoms with van der Waals surface area (Å²) in [5.74, 6) is -0.814. The first-order chi connectivity index (χ1) is 9.15. The molecule has 1 aliphatic heterocycles. The van der Waals surface area contributed by atoms with Crippen molar-refractivity contribution < 1.29 is 19.2 Å². The Hall–Kier alpha value is -1.95. The van der Waals surface area contributed by atoms with Gasteiger partial charge >= 0.3 is 5.97 Å². The van der Waals surface area contributed by atoms with Crippen molar-refractivity contribution in [3.05, 3.63) is 46.0 Å². The van der Waals surface area contributed by atoms with Crippen LogP contribution < -0.4 is 0 Å². The summed E-state index contributed by atoms with van der Waals surface area (Å²) in [5, 5.41) is 10.6. The molecule has 0 spiro atoms. The quantitative estimate of drug-likeness (QED) is 0.457. The van der Waals surface area contributed by atoms with Gasteiger partial charge in [0.1, 0.15) is 12.7 Å². The number of nitrogens with zero attached hydrogens (tertiary/aromatic N) is 1. The maximum atomic E-state index is 11.2. The van der Waals surface area contributed by atoms with E-state index in [1.165, 1.54) is 0 Å². The molecular formula is C13H15NO5. The number of esters is 1. The van der Waals surface area contributed by atoms with Crippen LogP contribution in [-0.2, 0) is 20.9 Å². The SMILES string of the molecule is O=C1C[C@H](C[N+](=O)[O-])[C@@H](OCc2ccccc2)CO1. The molecule has 1 aliphatic rings. The number of hydrogen-bond acceptors (Lipinski definition) is 5. The van der Waals surface area contributed by atoms with Crippen LogP contribution in [0.15, 0.2) is 30.3 Å². The number of cyclic esters (lactones) is 1. The maximum absolute atomic E-state index is 11.2. The van der Waals surface area contributed by atoms with Crippen LogP contribution in [0.3, 0.4) is 0 Å². The van der Waals surface area contributed by atoms with Gasteiger partial charge in [0, 0.05) is 4.92 Å². The van der Waals surface area contributed by atoms with Crippen LogP contribution in [0.5, 0.6) is 0 Å². The molecule has 6 heteroatoms. The molecule has 0 unspecified atom stereocenters. The Kier molecular flexibility index (Phi) is 4.46. The van der Waals surface area contributed by atoms with E-state index in [1.807, 2.05) is 30.3 Å². The molecular weight excluding hydrogens is 250 g/mol. The van der Waals surface area contributed by atoms with Crippen LogP contribution in [0.1, 0.15) is 12.0 Å². The molecule has 0 N–H and O–H groups in total. The van der Waals surface area contributed by atoms with Gasteiger partial charge in [0.05, 0.1) is 18.9 Å². The number of nitro groups is 1. The van der Waals surface area contributed by atoms with Crippen LogP contribution in [-0.4, -0.2) is 30.1 Å². The Labute approximate surface area is 110 Å². The zero-order valence-electron chi connectivity index (χ0n) is 10.4. The van der Waals surface area contributed by atoms with Crippen LogP contribution >= 0.6 is 0 Å². The van der Waals surface area contributed by atoms with Gasteiger partial charge in [-0.3, -0.25) is 14.9 Å². The van der Waals surface area contributed by atoms with Crippen molar-refractivity contribution in [2.75, 3.05) is 13.2 Å². The molecule has 1 fully saturated rings. The van der Waals surface area contributed by atoms with Crippen LogP contribution in [0.25, 0.3) is 0 Å². The summed E-state index contributed by atoms with van der Waals surface area (Å²) >= 11 is 0. The minimum atomic E-state index is -0.417. The van der Waals surface area contributed by atoms with E-state index in [0.29, 0.717) is 6.61 Å². The van der Waals surface area contributed by atoms with Gasteiger partial charge in [-0.1, -0.05) is 30.3 Å². The topological polar surface area (TPSA) is 78.7 Å². The number of hydrogen-bond donors (Lipinski definition) is 0. The lowest BCUT2D eigenvalue weighted by molar-refractivity contribution is -0.491. The molecule has 0 aliphatic carbocycles. The van der Waals surface area contributed by atoms with Gasteiger partial charge in [0.2, 0.25) is 6.54 Å². The fraction of sp³-hybridized carbons (Fsp3) is 0.462. The third-order valence-electron chi connectivity index (χ3n) is 3.05. The number of ether oxygens (including phenoxy) is 2. The largest absolute Gasteiger partial charge is 0.463 e. The highest BCUT2D eigenvalue weighted by atomic mass is 16.6. The fourth-order valence-electron chi connectivity index (χ4n) is 2.05. The zero-order chi connectivity index (χ0) is 13.7. The van der Waals surface area contributed by atoms with Crippen molar-refractivity contribution in [1.29, 1.82) is 0 Å². The number of rotatable bonds is 5. The van der Waals surface area contributed by atoms with E-state index >= 15 is 0 Å². The van der Waals surface area contributed by atoms with Crippen molar-refractivity contribution in [1.82, 2.24) is 0 Å². The third kappa shape index (κ3) is 4.03. The minimum absolute atomic E-state index is 0.0421. The Morgan fingerprint density at radius 2 is 2.11 bits per heavy atom. The first kappa shape index (κ1) is 13.5. The highest BCUT2D eigenvalue weighted by molar-refractivity contribution is 5.70. The predicted molar refractivity (Wildman–Crippen MR) is 65.9 cm³/mol. The predicted octanol–water partition coefficient (Wildman–Crippen LogP) is 1.41. The van der Waals surface area contributed by atoms with Crippen molar-refractivity contribution in [2.24, 2.45) is 5.92 Å². The molecule has 2 rings (SSSR count). The summed E-state index contributed by atoms with van der Waals surface area (Å²) in [6.45, 7) is 0.177.